The summed E-state index contributed by atoms with van der Waals surface area (Å²) in [5.41, 5.74) is 6.71. The average Bonchev–Trinajstić information content (AvgIpc) is 2.19. The summed E-state index contributed by atoms with van der Waals surface area (Å²) in [4.78, 5) is 11.7. The Hall–Kier alpha value is -1.35. The van der Waals surface area contributed by atoms with Gasteiger partial charge in [-0.15, -0.1) is 0 Å². The molecule has 0 spiro atoms. The summed E-state index contributed by atoms with van der Waals surface area (Å²) in [6.07, 6.45) is 0. The molecule has 0 heterocycles. The van der Waals surface area contributed by atoms with Crippen LogP contribution >= 0.6 is 0 Å². The molecule has 0 aliphatic heterocycles. The van der Waals surface area contributed by atoms with E-state index in [9.17, 15) is 4.79 Å². The van der Waals surface area contributed by atoms with Gasteiger partial charge in [0, 0.05) is 6.04 Å². The quantitative estimate of drug-likeness (QED) is 0.764. The molecule has 15 heavy (non-hydrogen) atoms. The molecule has 2 atom stereocenters. The van der Waals surface area contributed by atoms with Crippen LogP contribution in [0.1, 0.15) is 25.3 Å². The highest BCUT2D eigenvalue weighted by atomic mass is 16.5. The number of nitrogens with two attached hydrogens (primary N) is 1. The van der Waals surface area contributed by atoms with Crippen LogP contribution in [0.2, 0.25) is 0 Å². The second-order valence-electron chi connectivity index (χ2n) is 3.50. The number of esters is 1. The topological polar surface area (TPSA) is 52.3 Å². The van der Waals surface area contributed by atoms with Gasteiger partial charge in [0.25, 0.3) is 0 Å². The van der Waals surface area contributed by atoms with Gasteiger partial charge in [-0.25, -0.2) is 0 Å². The first kappa shape index (κ1) is 11.7. The van der Waals surface area contributed by atoms with Gasteiger partial charge < -0.3 is 10.5 Å². The lowest BCUT2D eigenvalue weighted by Gasteiger charge is -2.19. The molecule has 0 saturated heterocycles. The van der Waals surface area contributed by atoms with Crippen LogP contribution in [0.4, 0.5) is 0 Å². The predicted octanol–water partition coefficient (Wildman–Crippen LogP) is 1.68. The van der Waals surface area contributed by atoms with Gasteiger partial charge in [0.1, 0.15) is 0 Å². The number of rotatable bonds is 4. The van der Waals surface area contributed by atoms with Crippen LogP contribution < -0.4 is 5.73 Å². The molecular formula is C12H17NO2. The summed E-state index contributed by atoms with van der Waals surface area (Å²) in [5, 5.41) is 0. The van der Waals surface area contributed by atoms with E-state index in [0.717, 1.165) is 5.56 Å². The van der Waals surface area contributed by atoms with Crippen molar-refractivity contribution >= 4 is 5.97 Å². The summed E-state index contributed by atoms with van der Waals surface area (Å²) in [7, 11) is 0. The summed E-state index contributed by atoms with van der Waals surface area (Å²) in [6, 6.07) is 9.24. The average molecular weight is 207 g/mol. The maximum absolute atomic E-state index is 11.7. The molecule has 3 heteroatoms. The molecule has 0 bridgehead atoms. The predicted molar refractivity (Wildman–Crippen MR) is 59.5 cm³/mol. The Morgan fingerprint density at radius 3 is 2.47 bits per heavy atom. The minimum Gasteiger partial charge on any atom is -0.465 e. The maximum Gasteiger partial charge on any atom is 0.314 e. The highest BCUT2D eigenvalue weighted by molar-refractivity contribution is 5.79. The molecular weight excluding hydrogens is 190 g/mol. The third-order valence-corrected chi connectivity index (χ3v) is 2.23. The van der Waals surface area contributed by atoms with Crippen LogP contribution in [-0.2, 0) is 9.53 Å². The highest BCUT2D eigenvalue weighted by Gasteiger charge is 2.25. The molecule has 2 N–H and O–H groups in total. The van der Waals surface area contributed by atoms with Crippen molar-refractivity contribution in [3.63, 3.8) is 0 Å². The van der Waals surface area contributed by atoms with Gasteiger partial charge in [-0.3, -0.25) is 4.79 Å². The molecule has 0 saturated carbocycles. The smallest absolute Gasteiger partial charge is 0.314 e. The molecule has 1 rings (SSSR count). The molecule has 2 unspecified atom stereocenters. The Bertz CT molecular complexity index is 309. The number of carbonyl (C=O) groups is 1. The summed E-state index contributed by atoms with van der Waals surface area (Å²) >= 11 is 0. The molecule has 0 aromatic heterocycles. The van der Waals surface area contributed by atoms with E-state index in [-0.39, 0.29) is 17.9 Å². The maximum atomic E-state index is 11.7. The Labute approximate surface area is 90.2 Å². The van der Waals surface area contributed by atoms with Gasteiger partial charge in [0.05, 0.1) is 12.5 Å². The first-order valence-electron chi connectivity index (χ1n) is 5.14. The first-order valence-corrected chi connectivity index (χ1v) is 5.14. The zero-order valence-electron chi connectivity index (χ0n) is 9.14. The number of benzene rings is 1. The van der Waals surface area contributed by atoms with Crippen LogP contribution in [0.15, 0.2) is 30.3 Å². The second-order valence-corrected chi connectivity index (χ2v) is 3.50. The van der Waals surface area contributed by atoms with Crippen LogP contribution in [-0.4, -0.2) is 18.6 Å². The largest absolute Gasteiger partial charge is 0.465 e. The normalized spacial score (nSPS) is 14.3. The number of hydrogen-bond donors (Lipinski definition) is 1. The standard InChI is InChI=1S/C12H17NO2/c1-3-15-12(14)11(9(2)13)10-7-5-4-6-8-10/h4-9,11H,3,13H2,1-2H3. The van der Waals surface area contributed by atoms with Crippen LogP contribution in [0.5, 0.6) is 0 Å². The lowest BCUT2D eigenvalue weighted by Crippen LogP contribution is -2.32. The third-order valence-electron chi connectivity index (χ3n) is 2.23. The molecule has 0 aliphatic rings. The summed E-state index contributed by atoms with van der Waals surface area (Å²) in [6.45, 7) is 3.99. The van der Waals surface area contributed by atoms with Gasteiger partial charge in [-0.2, -0.15) is 0 Å². The highest BCUT2D eigenvalue weighted by Crippen LogP contribution is 2.19. The van der Waals surface area contributed by atoms with Gasteiger partial charge in [0.15, 0.2) is 0 Å². The van der Waals surface area contributed by atoms with Gasteiger partial charge in [0.2, 0.25) is 0 Å². The lowest BCUT2D eigenvalue weighted by molar-refractivity contribution is -0.145. The van der Waals surface area contributed by atoms with Gasteiger partial charge in [-0.05, 0) is 19.4 Å². The summed E-state index contributed by atoms with van der Waals surface area (Å²) in [5.74, 6) is -0.621. The van der Waals surface area contributed by atoms with Gasteiger partial charge in [-0.1, -0.05) is 30.3 Å². The van der Waals surface area contributed by atoms with E-state index in [1.54, 1.807) is 6.92 Å². The van der Waals surface area contributed by atoms with Gasteiger partial charge >= 0.3 is 5.97 Å². The molecule has 1 aromatic carbocycles. The van der Waals surface area contributed by atoms with E-state index in [1.807, 2.05) is 37.3 Å². The molecule has 0 radical (unpaired) electrons. The van der Waals surface area contributed by atoms with Crippen molar-refractivity contribution < 1.29 is 9.53 Å². The Balaban J connectivity index is 2.88. The second kappa shape index (κ2) is 5.51. The van der Waals surface area contributed by atoms with Crippen LogP contribution in [0.3, 0.4) is 0 Å². The number of carbonyl (C=O) groups excluding carboxylic acids is 1. The minimum atomic E-state index is -0.369. The minimum absolute atomic E-state index is 0.244. The fourth-order valence-corrected chi connectivity index (χ4v) is 1.55. The van der Waals surface area contributed by atoms with Crippen molar-refractivity contribution in [2.45, 2.75) is 25.8 Å². The van der Waals surface area contributed by atoms with Crippen molar-refractivity contribution in [2.24, 2.45) is 5.73 Å². The third kappa shape index (κ3) is 3.06. The van der Waals surface area contributed by atoms with Crippen molar-refractivity contribution in [1.29, 1.82) is 0 Å². The van der Waals surface area contributed by atoms with Crippen LogP contribution in [0.25, 0.3) is 0 Å². The number of hydrogen-bond acceptors (Lipinski definition) is 3. The Kier molecular flexibility index (Phi) is 4.31. The molecule has 0 amide bonds. The van der Waals surface area contributed by atoms with E-state index in [4.69, 9.17) is 10.5 Å². The molecule has 3 nitrogen and oxygen atoms in total. The first-order chi connectivity index (χ1) is 7.16. The van der Waals surface area contributed by atoms with E-state index >= 15 is 0 Å². The molecule has 1 aromatic rings. The monoisotopic (exact) mass is 207 g/mol. The molecule has 0 fully saturated rings. The lowest BCUT2D eigenvalue weighted by atomic mass is 9.93. The van der Waals surface area contributed by atoms with E-state index in [0.29, 0.717) is 6.61 Å². The Morgan fingerprint density at radius 1 is 1.40 bits per heavy atom. The zero-order chi connectivity index (χ0) is 11.3. The van der Waals surface area contributed by atoms with Crippen molar-refractivity contribution in [1.82, 2.24) is 0 Å². The van der Waals surface area contributed by atoms with Crippen molar-refractivity contribution in [2.75, 3.05) is 6.61 Å². The van der Waals surface area contributed by atoms with Crippen molar-refractivity contribution in [3.8, 4) is 0 Å². The van der Waals surface area contributed by atoms with E-state index in [1.165, 1.54) is 0 Å². The number of ether oxygens (including phenoxy) is 1. The molecule has 82 valence electrons. The SMILES string of the molecule is CCOC(=O)C(c1ccccc1)C(C)N. The molecule has 0 aliphatic carbocycles. The Morgan fingerprint density at radius 2 is 2.00 bits per heavy atom. The van der Waals surface area contributed by atoms with E-state index < -0.39 is 0 Å². The zero-order valence-corrected chi connectivity index (χ0v) is 9.14. The van der Waals surface area contributed by atoms with E-state index in [2.05, 4.69) is 0 Å². The summed E-state index contributed by atoms with van der Waals surface area (Å²) < 4.78 is 5.00. The fourth-order valence-electron chi connectivity index (χ4n) is 1.55. The van der Waals surface area contributed by atoms with Crippen LogP contribution in [0, 0.1) is 0 Å². The van der Waals surface area contributed by atoms with Crippen molar-refractivity contribution in [3.05, 3.63) is 35.9 Å². The fraction of sp³-hybridized carbons (Fsp3) is 0.417.